The van der Waals surface area contributed by atoms with Crippen LogP contribution in [-0.2, 0) is 19.4 Å². The van der Waals surface area contributed by atoms with Crippen molar-refractivity contribution in [3.63, 3.8) is 0 Å². The summed E-state index contributed by atoms with van der Waals surface area (Å²) in [4.78, 5) is 15.0. The third-order valence-electron chi connectivity index (χ3n) is 4.04. The van der Waals surface area contributed by atoms with E-state index in [4.69, 9.17) is 0 Å². The van der Waals surface area contributed by atoms with Crippen molar-refractivity contribution in [2.75, 3.05) is 13.6 Å². The molecule has 132 valence electrons. The van der Waals surface area contributed by atoms with Crippen LogP contribution < -0.4 is 10.6 Å². The zero-order chi connectivity index (χ0) is 17.5. The van der Waals surface area contributed by atoms with Gasteiger partial charge in [-0.2, -0.15) is 0 Å². The van der Waals surface area contributed by atoms with Gasteiger partial charge >= 0.3 is 0 Å². The Hall–Kier alpha value is -2.34. The number of nitrogens with one attached hydrogen (secondary N) is 3. The smallest absolute Gasteiger partial charge is 0.191 e. The van der Waals surface area contributed by atoms with Gasteiger partial charge < -0.3 is 15.6 Å². The molecule has 3 rings (SSSR count). The number of aryl methyl sites for hydroxylation is 2. The van der Waals surface area contributed by atoms with Gasteiger partial charge in [-0.15, -0.1) is 11.3 Å². The van der Waals surface area contributed by atoms with Crippen LogP contribution in [-0.4, -0.2) is 29.5 Å². The standard InChI is InChI=1S/C19H25N5S/c1-3-14-10-11-15(25-14)13-22-19(20-2)21-12-6-9-18-23-16-7-4-5-8-17(16)24-18/h4-5,7-8,10-11H,3,6,9,12-13H2,1-2H3,(H,23,24)(H2,20,21,22). The van der Waals surface area contributed by atoms with Gasteiger partial charge in [0.1, 0.15) is 5.82 Å². The van der Waals surface area contributed by atoms with Gasteiger partial charge in [0.05, 0.1) is 17.6 Å². The first kappa shape index (κ1) is 17.5. The van der Waals surface area contributed by atoms with Crippen molar-refractivity contribution in [3.05, 3.63) is 52.0 Å². The molecule has 0 saturated heterocycles. The molecule has 2 heterocycles. The predicted octanol–water partition coefficient (Wildman–Crippen LogP) is 3.48. The number of imidazole rings is 1. The van der Waals surface area contributed by atoms with Gasteiger partial charge in [-0.1, -0.05) is 19.1 Å². The van der Waals surface area contributed by atoms with Crippen molar-refractivity contribution in [2.24, 2.45) is 4.99 Å². The summed E-state index contributed by atoms with van der Waals surface area (Å²) in [7, 11) is 1.81. The predicted molar refractivity (Wildman–Crippen MR) is 106 cm³/mol. The fourth-order valence-electron chi connectivity index (χ4n) is 2.69. The van der Waals surface area contributed by atoms with E-state index in [9.17, 15) is 0 Å². The molecule has 5 nitrogen and oxygen atoms in total. The van der Waals surface area contributed by atoms with Gasteiger partial charge in [-0.05, 0) is 37.1 Å². The molecule has 0 radical (unpaired) electrons. The van der Waals surface area contributed by atoms with E-state index in [1.165, 1.54) is 9.75 Å². The van der Waals surface area contributed by atoms with Gasteiger partial charge in [0.25, 0.3) is 0 Å². The second-order valence-electron chi connectivity index (χ2n) is 5.88. The minimum Gasteiger partial charge on any atom is -0.356 e. The van der Waals surface area contributed by atoms with E-state index in [2.05, 4.69) is 50.7 Å². The van der Waals surface area contributed by atoms with Crippen molar-refractivity contribution in [3.8, 4) is 0 Å². The Morgan fingerprint density at radius 1 is 1.16 bits per heavy atom. The van der Waals surface area contributed by atoms with Gasteiger partial charge in [-0.3, -0.25) is 4.99 Å². The normalized spacial score (nSPS) is 11.8. The molecule has 6 heteroatoms. The zero-order valence-electron chi connectivity index (χ0n) is 14.8. The third kappa shape index (κ3) is 4.82. The number of fused-ring (bicyclic) bond motifs is 1. The molecule has 0 saturated carbocycles. The van der Waals surface area contributed by atoms with Crippen LogP contribution in [0.1, 0.15) is 28.9 Å². The Morgan fingerprint density at radius 3 is 2.76 bits per heavy atom. The molecule has 0 unspecified atom stereocenters. The molecule has 0 atom stereocenters. The first-order chi connectivity index (χ1) is 12.3. The summed E-state index contributed by atoms with van der Waals surface area (Å²) in [6.45, 7) is 3.86. The van der Waals surface area contributed by atoms with Crippen molar-refractivity contribution >= 4 is 28.3 Å². The van der Waals surface area contributed by atoms with E-state index in [0.29, 0.717) is 0 Å². The number of aromatic amines is 1. The monoisotopic (exact) mass is 355 g/mol. The summed E-state index contributed by atoms with van der Waals surface area (Å²) in [5.74, 6) is 1.88. The van der Waals surface area contributed by atoms with E-state index >= 15 is 0 Å². The molecular weight excluding hydrogens is 330 g/mol. The average Bonchev–Trinajstić information content (AvgIpc) is 3.27. The Bertz CT molecular complexity index is 800. The van der Waals surface area contributed by atoms with Crippen LogP contribution in [0, 0.1) is 0 Å². The summed E-state index contributed by atoms with van der Waals surface area (Å²) in [5.41, 5.74) is 2.13. The van der Waals surface area contributed by atoms with Crippen molar-refractivity contribution in [2.45, 2.75) is 32.7 Å². The molecule has 3 N–H and O–H groups in total. The van der Waals surface area contributed by atoms with E-state index in [1.807, 2.05) is 29.5 Å². The van der Waals surface area contributed by atoms with Crippen LogP contribution in [0.5, 0.6) is 0 Å². The SMILES string of the molecule is CCc1ccc(CNC(=NC)NCCCc2nc3ccccc3[nH]2)s1. The number of nitrogens with zero attached hydrogens (tertiary/aromatic N) is 2. The van der Waals surface area contributed by atoms with Gasteiger partial charge in [0.2, 0.25) is 0 Å². The second kappa shape index (κ2) is 8.67. The minimum absolute atomic E-state index is 0.813. The first-order valence-electron chi connectivity index (χ1n) is 8.74. The summed E-state index contributed by atoms with van der Waals surface area (Å²) in [6.07, 6.45) is 3.02. The van der Waals surface area contributed by atoms with E-state index in [1.54, 1.807) is 7.05 Å². The van der Waals surface area contributed by atoms with Crippen molar-refractivity contribution < 1.29 is 0 Å². The summed E-state index contributed by atoms with van der Waals surface area (Å²) in [5, 5.41) is 6.74. The largest absolute Gasteiger partial charge is 0.356 e. The maximum absolute atomic E-state index is 4.61. The average molecular weight is 356 g/mol. The number of hydrogen-bond acceptors (Lipinski definition) is 3. The minimum atomic E-state index is 0.813. The lowest BCUT2D eigenvalue weighted by atomic mass is 10.3. The quantitative estimate of drug-likeness (QED) is 0.345. The number of benzene rings is 1. The summed E-state index contributed by atoms with van der Waals surface area (Å²) >= 11 is 1.86. The molecule has 0 aliphatic heterocycles. The highest BCUT2D eigenvalue weighted by Gasteiger charge is 2.03. The molecule has 3 aromatic rings. The molecule has 0 fully saturated rings. The number of H-pyrrole nitrogens is 1. The zero-order valence-corrected chi connectivity index (χ0v) is 15.6. The number of rotatable bonds is 7. The maximum Gasteiger partial charge on any atom is 0.191 e. The Labute approximate surface area is 152 Å². The van der Waals surface area contributed by atoms with Crippen LogP contribution in [0.25, 0.3) is 11.0 Å². The fraction of sp³-hybridized carbons (Fsp3) is 0.368. The Balaban J connectivity index is 1.40. The number of aliphatic imine (C=N–C) groups is 1. The lowest BCUT2D eigenvalue weighted by Gasteiger charge is -2.10. The molecule has 25 heavy (non-hydrogen) atoms. The van der Waals surface area contributed by atoms with Crippen LogP contribution in [0.15, 0.2) is 41.4 Å². The Kier molecular flexibility index (Phi) is 6.06. The molecule has 1 aromatic carbocycles. The number of hydrogen-bond donors (Lipinski definition) is 3. The van der Waals surface area contributed by atoms with Gasteiger partial charge in [0.15, 0.2) is 5.96 Å². The van der Waals surface area contributed by atoms with Gasteiger partial charge in [-0.25, -0.2) is 4.98 Å². The van der Waals surface area contributed by atoms with Crippen molar-refractivity contribution in [1.29, 1.82) is 0 Å². The topological polar surface area (TPSA) is 65.1 Å². The highest BCUT2D eigenvalue weighted by molar-refractivity contribution is 7.11. The number of aromatic nitrogens is 2. The fourth-order valence-corrected chi connectivity index (χ4v) is 3.58. The molecule has 2 aromatic heterocycles. The lowest BCUT2D eigenvalue weighted by molar-refractivity contribution is 0.727. The highest BCUT2D eigenvalue weighted by Crippen LogP contribution is 2.16. The summed E-state index contributed by atoms with van der Waals surface area (Å²) in [6, 6.07) is 12.5. The van der Waals surface area contributed by atoms with Gasteiger partial charge in [0, 0.05) is 29.8 Å². The van der Waals surface area contributed by atoms with Crippen LogP contribution in [0.3, 0.4) is 0 Å². The van der Waals surface area contributed by atoms with Crippen LogP contribution >= 0.6 is 11.3 Å². The number of guanidine groups is 1. The highest BCUT2D eigenvalue weighted by atomic mass is 32.1. The number of para-hydroxylation sites is 2. The first-order valence-corrected chi connectivity index (χ1v) is 9.56. The molecule has 0 amide bonds. The maximum atomic E-state index is 4.61. The lowest BCUT2D eigenvalue weighted by Crippen LogP contribution is -2.37. The molecule has 0 aliphatic carbocycles. The van der Waals surface area contributed by atoms with E-state index in [-0.39, 0.29) is 0 Å². The molecular formula is C19H25N5S. The van der Waals surface area contributed by atoms with E-state index in [0.717, 1.165) is 55.2 Å². The summed E-state index contributed by atoms with van der Waals surface area (Å²) < 4.78 is 0. The third-order valence-corrected chi connectivity index (χ3v) is 5.27. The Morgan fingerprint density at radius 2 is 2.00 bits per heavy atom. The molecule has 0 spiro atoms. The van der Waals surface area contributed by atoms with E-state index < -0.39 is 0 Å². The van der Waals surface area contributed by atoms with Crippen LogP contribution in [0.2, 0.25) is 0 Å². The molecule has 0 aliphatic rings. The van der Waals surface area contributed by atoms with Crippen molar-refractivity contribution in [1.82, 2.24) is 20.6 Å². The van der Waals surface area contributed by atoms with Crippen LogP contribution in [0.4, 0.5) is 0 Å². The molecule has 0 bridgehead atoms. The number of thiophene rings is 1. The second-order valence-corrected chi connectivity index (χ2v) is 7.13.